The normalized spacial score (nSPS) is 25.3. The highest BCUT2D eigenvalue weighted by Crippen LogP contribution is 2.26. The number of carbonyl (C=O) groups is 2. The van der Waals surface area contributed by atoms with Gasteiger partial charge >= 0.3 is 0 Å². The maximum Gasteiger partial charge on any atom is 0.257 e. The highest BCUT2D eigenvalue weighted by Gasteiger charge is 2.39. The number of carbonyl (C=O) groups excluding carboxylic acids is 2. The maximum absolute atomic E-state index is 12.3. The predicted octanol–water partition coefficient (Wildman–Crippen LogP) is 0.0755. The number of nitrogens with one attached hydrogen (secondary N) is 4. The minimum absolute atomic E-state index is 0.0461. The highest BCUT2D eigenvalue weighted by molar-refractivity contribution is 7.89. The Bertz CT molecular complexity index is 769. The molecule has 0 bridgehead atoms. The van der Waals surface area contributed by atoms with Crippen molar-refractivity contribution in [3.63, 3.8) is 0 Å². The van der Waals surface area contributed by atoms with Crippen molar-refractivity contribution < 1.29 is 18.0 Å². The van der Waals surface area contributed by atoms with Crippen molar-refractivity contribution >= 4 is 21.8 Å². The van der Waals surface area contributed by atoms with Crippen molar-refractivity contribution in [2.45, 2.75) is 49.2 Å². The van der Waals surface area contributed by atoms with Gasteiger partial charge in [-0.3, -0.25) is 14.9 Å². The van der Waals surface area contributed by atoms with Crippen LogP contribution in [0.5, 0.6) is 0 Å². The van der Waals surface area contributed by atoms with Crippen molar-refractivity contribution in [1.82, 2.24) is 20.7 Å². The zero-order valence-electron chi connectivity index (χ0n) is 15.1. The van der Waals surface area contributed by atoms with Gasteiger partial charge in [-0.15, -0.1) is 0 Å². The fourth-order valence-electron chi connectivity index (χ4n) is 3.58. The van der Waals surface area contributed by atoms with Crippen LogP contribution in [0, 0.1) is 5.92 Å². The fraction of sp³-hybridized carbons (Fsp3) is 0.556. The van der Waals surface area contributed by atoms with E-state index in [4.69, 9.17) is 0 Å². The molecule has 2 fully saturated rings. The van der Waals surface area contributed by atoms with Crippen molar-refractivity contribution in [3.05, 3.63) is 30.3 Å². The quantitative estimate of drug-likeness (QED) is 0.489. The minimum Gasteiger partial charge on any atom is -0.353 e. The van der Waals surface area contributed by atoms with E-state index in [0.717, 1.165) is 25.7 Å². The van der Waals surface area contributed by atoms with Gasteiger partial charge in [0.25, 0.3) is 5.91 Å². The van der Waals surface area contributed by atoms with Gasteiger partial charge in [-0.1, -0.05) is 31.0 Å². The summed E-state index contributed by atoms with van der Waals surface area (Å²) in [6, 6.07) is 8.19. The standard InChI is InChI=1S/C18H26N4O4S/c23-17-14-9-4-5-10-15(14)21-16(22-17)18(24)19-11-6-12-20-27(25,26)13-7-2-1-3-8-13/h1-3,7-8,14-16,20-21H,4-6,9-12H2,(H,19,24)(H,22,23). The van der Waals surface area contributed by atoms with Gasteiger partial charge in [0.15, 0.2) is 6.17 Å². The molecule has 1 aromatic carbocycles. The van der Waals surface area contributed by atoms with Crippen LogP contribution in [0.4, 0.5) is 0 Å². The van der Waals surface area contributed by atoms with E-state index in [9.17, 15) is 18.0 Å². The number of amides is 2. The van der Waals surface area contributed by atoms with E-state index < -0.39 is 16.2 Å². The van der Waals surface area contributed by atoms with E-state index in [2.05, 4.69) is 20.7 Å². The molecule has 0 spiro atoms. The number of hydrogen-bond acceptors (Lipinski definition) is 5. The summed E-state index contributed by atoms with van der Waals surface area (Å²) in [5.41, 5.74) is 0. The maximum atomic E-state index is 12.3. The SMILES string of the molecule is O=C(NCCCNS(=O)(=O)c1ccccc1)C1NC(=O)C2CCCCC2N1. The molecule has 3 atom stereocenters. The van der Waals surface area contributed by atoms with E-state index >= 15 is 0 Å². The van der Waals surface area contributed by atoms with Crippen molar-refractivity contribution in [1.29, 1.82) is 0 Å². The summed E-state index contributed by atoms with van der Waals surface area (Å²) in [5, 5.41) is 8.69. The summed E-state index contributed by atoms with van der Waals surface area (Å²) in [6.45, 7) is 0.533. The van der Waals surface area contributed by atoms with Crippen LogP contribution in [-0.2, 0) is 19.6 Å². The van der Waals surface area contributed by atoms with Crippen LogP contribution >= 0.6 is 0 Å². The van der Waals surface area contributed by atoms with Gasteiger partial charge in [0.2, 0.25) is 15.9 Å². The second-order valence-corrected chi connectivity index (χ2v) is 8.73. The van der Waals surface area contributed by atoms with Crippen molar-refractivity contribution in [3.8, 4) is 0 Å². The lowest BCUT2D eigenvalue weighted by atomic mass is 9.82. The van der Waals surface area contributed by atoms with Gasteiger partial charge in [-0.25, -0.2) is 13.1 Å². The molecule has 2 aliphatic rings. The molecule has 3 unspecified atom stereocenters. The van der Waals surface area contributed by atoms with Gasteiger partial charge in [0, 0.05) is 19.1 Å². The van der Waals surface area contributed by atoms with Gasteiger partial charge in [-0.2, -0.15) is 0 Å². The average molecular weight is 394 g/mol. The molecule has 1 heterocycles. The molecule has 4 N–H and O–H groups in total. The Morgan fingerprint density at radius 3 is 2.63 bits per heavy atom. The first-order chi connectivity index (χ1) is 13.0. The molecule has 8 nitrogen and oxygen atoms in total. The van der Waals surface area contributed by atoms with E-state index in [1.165, 1.54) is 12.1 Å². The molecule has 2 amide bonds. The number of fused-ring (bicyclic) bond motifs is 1. The molecular formula is C18H26N4O4S. The van der Waals surface area contributed by atoms with Crippen molar-refractivity contribution in [2.24, 2.45) is 5.92 Å². The Morgan fingerprint density at radius 2 is 1.85 bits per heavy atom. The molecule has 0 aromatic heterocycles. The first-order valence-electron chi connectivity index (χ1n) is 9.36. The first kappa shape index (κ1) is 19.8. The Labute approximate surface area is 159 Å². The summed E-state index contributed by atoms with van der Waals surface area (Å²) < 4.78 is 26.7. The van der Waals surface area contributed by atoms with Crippen LogP contribution in [0.1, 0.15) is 32.1 Å². The van der Waals surface area contributed by atoms with Crippen LogP contribution < -0.4 is 20.7 Å². The fourth-order valence-corrected chi connectivity index (χ4v) is 4.68. The summed E-state index contributed by atoms with van der Waals surface area (Å²) in [4.78, 5) is 24.6. The number of benzene rings is 1. The zero-order chi connectivity index (χ0) is 19.3. The lowest BCUT2D eigenvalue weighted by Gasteiger charge is -2.39. The molecule has 1 aromatic rings. The van der Waals surface area contributed by atoms with Gasteiger partial charge < -0.3 is 10.6 Å². The van der Waals surface area contributed by atoms with Gasteiger partial charge in [0.05, 0.1) is 10.8 Å². The van der Waals surface area contributed by atoms with Crippen molar-refractivity contribution in [2.75, 3.05) is 13.1 Å². The third-order valence-electron chi connectivity index (χ3n) is 5.03. The Balaban J connectivity index is 1.39. The van der Waals surface area contributed by atoms with Crippen LogP contribution in [-0.4, -0.2) is 45.5 Å². The van der Waals surface area contributed by atoms with Crippen LogP contribution in [0.25, 0.3) is 0 Å². The topological polar surface area (TPSA) is 116 Å². The lowest BCUT2D eigenvalue weighted by Crippen LogP contribution is -2.66. The van der Waals surface area contributed by atoms with Gasteiger partial charge in [-0.05, 0) is 31.4 Å². The second kappa shape index (κ2) is 8.81. The Hall–Kier alpha value is -1.97. The summed E-state index contributed by atoms with van der Waals surface area (Å²) in [7, 11) is -3.53. The average Bonchev–Trinajstić information content (AvgIpc) is 2.68. The molecule has 27 heavy (non-hydrogen) atoms. The molecule has 0 radical (unpaired) electrons. The minimum atomic E-state index is -3.53. The third kappa shape index (κ3) is 5.06. The van der Waals surface area contributed by atoms with E-state index in [1.54, 1.807) is 18.2 Å². The molecule has 3 rings (SSSR count). The smallest absolute Gasteiger partial charge is 0.257 e. The molecule has 1 aliphatic heterocycles. The summed E-state index contributed by atoms with van der Waals surface area (Å²) in [6.07, 6.45) is 3.61. The number of hydrogen-bond donors (Lipinski definition) is 4. The zero-order valence-corrected chi connectivity index (χ0v) is 15.9. The molecule has 9 heteroatoms. The van der Waals surface area contributed by atoms with E-state index in [1.807, 2.05) is 0 Å². The highest BCUT2D eigenvalue weighted by atomic mass is 32.2. The molecule has 1 saturated carbocycles. The largest absolute Gasteiger partial charge is 0.353 e. The Kier molecular flexibility index (Phi) is 6.46. The summed E-state index contributed by atoms with van der Waals surface area (Å²) >= 11 is 0. The van der Waals surface area contributed by atoms with E-state index in [0.29, 0.717) is 13.0 Å². The molecule has 1 aliphatic carbocycles. The monoisotopic (exact) mass is 394 g/mol. The lowest BCUT2D eigenvalue weighted by molar-refractivity contribution is -0.137. The second-order valence-electron chi connectivity index (χ2n) is 6.96. The predicted molar refractivity (Wildman–Crippen MR) is 100 cm³/mol. The molecule has 1 saturated heterocycles. The van der Waals surface area contributed by atoms with Crippen LogP contribution in [0.15, 0.2) is 35.2 Å². The number of rotatable bonds is 7. The van der Waals surface area contributed by atoms with Crippen LogP contribution in [0.3, 0.4) is 0 Å². The van der Waals surface area contributed by atoms with Crippen LogP contribution in [0.2, 0.25) is 0 Å². The third-order valence-corrected chi connectivity index (χ3v) is 6.51. The van der Waals surface area contributed by atoms with E-state index in [-0.39, 0.29) is 35.2 Å². The Morgan fingerprint density at radius 1 is 1.11 bits per heavy atom. The molecular weight excluding hydrogens is 368 g/mol. The first-order valence-corrected chi connectivity index (χ1v) is 10.8. The van der Waals surface area contributed by atoms with Gasteiger partial charge in [0.1, 0.15) is 0 Å². The molecule has 148 valence electrons. The number of sulfonamides is 1. The summed E-state index contributed by atoms with van der Waals surface area (Å²) in [5.74, 6) is -0.400.